The van der Waals surface area contributed by atoms with Gasteiger partial charge in [0, 0.05) is 0 Å². The van der Waals surface area contributed by atoms with Gasteiger partial charge in [-0.25, -0.2) is 4.57 Å². The Morgan fingerprint density at radius 1 is 0.875 bits per heavy atom. The molecular weight excluding hydrogens is 330 g/mol. The summed E-state index contributed by atoms with van der Waals surface area (Å²) in [7, 11) is -9.78. The Morgan fingerprint density at radius 3 is 0.875 bits per heavy atom. The van der Waals surface area contributed by atoms with E-state index in [0.717, 1.165) is 0 Å². The van der Waals surface area contributed by atoms with Crippen LogP contribution in [0.4, 0.5) is 4.79 Å². The number of hydrogen-bond acceptors (Lipinski definition) is 7. The van der Waals surface area contributed by atoms with Gasteiger partial charge in [-0.05, 0) is 6.16 Å². The maximum atomic E-state index is 8.88. The van der Waals surface area contributed by atoms with E-state index in [1.165, 1.54) is 0 Å². The van der Waals surface area contributed by atoms with Crippen LogP contribution in [-0.2, 0) is 9.13 Å². The largest absolute Gasteiger partial charge is 2.00 e. The fourth-order valence-corrected chi connectivity index (χ4v) is 0. The predicted octanol–water partition coefficient (Wildman–Crippen LogP) is -6.33. The van der Waals surface area contributed by atoms with Crippen molar-refractivity contribution in [3.8, 4) is 0 Å². The van der Waals surface area contributed by atoms with Crippen molar-refractivity contribution in [2.24, 2.45) is 0 Å². The molecule has 0 saturated heterocycles. The van der Waals surface area contributed by atoms with Crippen LogP contribution in [0.25, 0.3) is 0 Å². The van der Waals surface area contributed by atoms with Crippen molar-refractivity contribution < 1.29 is 53.5 Å². The summed E-state index contributed by atoms with van der Waals surface area (Å²) in [6.07, 6.45) is -2.33. The van der Waals surface area contributed by atoms with Crippen LogP contribution in [0, 0.1) is 0 Å². The zero-order valence-electron chi connectivity index (χ0n) is 7.46. The standard InChI is InChI=1S/CH2O3.2Ca.2H3O4P/c2-1(3)4;;;2*1-5(2,3)4/h(H2,2,3,4);;;2*(H3,1,2,3,4)/q;2*+2;;/p-4. The van der Waals surface area contributed by atoms with Gasteiger partial charge in [-0.2, -0.15) is 0 Å². The molecule has 4 N–H and O–H groups in total. The van der Waals surface area contributed by atoms with Gasteiger partial charge < -0.3 is 48.9 Å². The minimum atomic E-state index is -5.14. The van der Waals surface area contributed by atoms with Gasteiger partial charge in [0.15, 0.2) is 0 Å². The van der Waals surface area contributed by atoms with E-state index in [-0.39, 0.29) is 75.5 Å². The van der Waals surface area contributed by atoms with Crippen LogP contribution >= 0.6 is 15.6 Å². The van der Waals surface area contributed by atoms with Crippen molar-refractivity contribution in [3.05, 3.63) is 0 Å². The van der Waals surface area contributed by atoms with Gasteiger partial charge in [0.1, 0.15) is 0 Å². The Balaban J connectivity index is -0.0000000358. The zero-order valence-corrected chi connectivity index (χ0v) is 13.7. The van der Waals surface area contributed by atoms with E-state index in [9.17, 15) is 0 Å². The molecule has 0 bridgehead atoms. The molecule has 0 aliphatic rings. The summed E-state index contributed by atoms with van der Waals surface area (Å²) in [6, 6.07) is 0. The van der Waals surface area contributed by atoms with E-state index in [0.29, 0.717) is 0 Å². The molecule has 0 aliphatic heterocycles. The van der Waals surface area contributed by atoms with Gasteiger partial charge in [-0.1, -0.05) is 0 Å². The average molecular weight is 334 g/mol. The quantitative estimate of drug-likeness (QED) is 0.240. The fourth-order valence-electron chi connectivity index (χ4n) is 0. The molecule has 0 atom stereocenters. The van der Waals surface area contributed by atoms with Crippen molar-refractivity contribution in [2.75, 3.05) is 0 Å². The maximum Gasteiger partial charge on any atom is 2.00 e. The first-order valence-corrected chi connectivity index (χ1v) is 5.20. The van der Waals surface area contributed by atoms with E-state index in [1.54, 1.807) is 0 Å². The smallest absolute Gasteiger partial charge is 0.790 e. The third-order valence-electron chi connectivity index (χ3n) is 0. The molecular formula is CH4Ca2O11P2. The molecule has 16 heavy (non-hydrogen) atoms. The van der Waals surface area contributed by atoms with Crippen LogP contribution in [0.3, 0.4) is 0 Å². The maximum absolute atomic E-state index is 8.88. The van der Waals surface area contributed by atoms with E-state index >= 15 is 0 Å². The van der Waals surface area contributed by atoms with Gasteiger partial charge >= 0.3 is 83.3 Å². The summed E-state index contributed by atoms with van der Waals surface area (Å²) in [4.78, 5) is 54.2. The van der Waals surface area contributed by atoms with Gasteiger partial charge in [0.05, 0.1) is 7.82 Å². The first-order chi connectivity index (χ1) is 5.73. The molecule has 0 radical (unpaired) electrons. The first kappa shape index (κ1) is 30.8. The molecule has 0 unspecified atom stereocenters. The summed E-state index contributed by atoms with van der Waals surface area (Å²) in [5.41, 5.74) is 0. The summed E-state index contributed by atoms with van der Waals surface area (Å²) in [6.45, 7) is 0. The fraction of sp³-hybridized carbons (Fsp3) is 0. The van der Waals surface area contributed by atoms with E-state index < -0.39 is 21.8 Å². The molecule has 0 aromatic heterocycles. The van der Waals surface area contributed by atoms with Crippen molar-refractivity contribution >= 4 is 97.3 Å². The topological polar surface area (TPSA) is 224 Å². The van der Waals surface area contributed by atoms with E-state index in [2.05, 4.69) is 0 Å². The summed E-state index contributed by atoms with van der Waals surface area (Å²) in [5, 5.41) is 16.7. The Labute approximate surface area is 149 Å². The Morgan fingerprint density at radius 2 is 0.875 bits per heavy atom. The summed E-state index contributed by atoms with van der Waals surface area (Å²) in [5.74, 6) is 0. The zero-order chi connectivity index (χ0) is 12.6. The minimum Gasteiger partial charge on any atom is -0.790 e. The van der Waals surface area contributed by atoms with Crippen LogP contribution in [0.2, 0.25) is 0 Å². The molecule has 11 nitrogen and oxygen atoms in total. The van der Waals surface area contributed by atoms with Crippen molar-refractivity contribution in [3.63, 3.8) is 0 Å². The SMILES string of the molecule is O=C([O-])[O-].O=P(O)(O)O.O=P([O-])([O-])O.[Ca+2].[Ca+2]. The normalized spacial score (nSPS) is 8.88. The Kier molecular flexibility index (Phi) is 29.0. The van der Waals surface area contributed by atoms with Crippen LogP contribution in [0.1, 0.15) is 0 Å². The molecule has 0 aromatic carbocycles. The molecule has 0 fully saturated rings. The second kappa shape index (κ2) is 15.1. The second-order valence-corrected chi connectivity index (χ2v) is 3.20. The number of hydrogen-bond donors (Lipinski definition) is 4. The molecule has 0 saturated carbocycles. The van der Waals surface area contributed by atoms with Crippen LogP contribution in [-0.4, -0.2) is 101 Å². The van der Waals surface area contributed by atoms with E-state index in [4.69, 9.17) is 53.5 Å². The van der Waals surface area contributed by atoms with Crippen molar-refractivity contribution in [2.45, 2.75) is 0 Å². The summed E-state index contributed by atoms with van der Waals surface area (Å²) < 4.78 is 17.5. The number of rotatable bonds is 0. The molecule has 0 spiro atoms. The van der Waals surface area contributed by atoms with Gasteiger partial charge in [-0.3, -0.25) is 0 Å². The first-order valence-electron chi connectivity index (χ1n) is 2.14. The molecule has 0 amide bonds. The second-order valence-electron chi connectivity index (χ2n) is 1.23. The van der Waals surface area contributed by atoms with Crippen LogP contribution < -0.4 is 20.0 Å². The van der Waals surface area contributed by atoms with Crippen molar-refractivity contribution in [1.82, 2.24) is 0 Å². The van der Waals surface area contributed by atoms with E-state index in [1.807, 2.05) is 0 Å². The number of phosphoric acid groups is 2. The molecule has 0 rings (SSSR count). The third-order valence-corrected chi connectivity index (χ3v) is 0. The molecule has 88 valence electrons. The minimum absolute atomic E-state index is 0. The number of carbonyl (C=O) groups is 1. The number of carboxylic acid groups (broad SMARTS) is 2. The molecule has 15 heteroatoms. The summed E-state index contributed by atoms with van der Waals surface area (Å²) >= 11 is 0. The molecule has 0 aliphatic carbocycles. The third kappa shape index (κ3) is 893. The average Bonchev–Trinajstić information content (AvgIpc) is 1.45. The monoisotopic (exact) mass is 334 g/mol. The van der Waals surface area contributed by atoms with Crippen LogP contribution in [0.15, 0.2) is 0 Å². The number of carbonyl (C=O) groups excluding carboxylic acids is 1. The van der Waals surface area contributed by atoms with Gasteiger partial charge in [-0.15, -0.1) is 0 Å². The molecule has 0 aromatic rings. The van der Waals surface area contributed by atoms with Gasteiger partial charge in [0.2, 0.25) is 0 Å². The Hall–Kier alpha value is 2.01. The predicted molar refractivity (Wildman–Crippen MR) is 41.0 cm³/mol. The molecule has 0 heterocycles. The van der Waals surface area contributed by atoms with Crippen molar-refractivity contribution in [1.29, 1.82) is 0 Å². The van der Waals surface area contributed by atoms with Crippen LogP contribution in [0.5, 0.6) is 0 Å². The Bertz CT molecular complexity index is 198. The van der Waals surface area contributed by atoms with Gasteiger partial charge in [0.25, 0.3) is 0 Å².